The van der Waals surface area contributed by atoms with E-state index in [0.29, 0.717) is 12.4 Å². The highest BCUT2D eigenvalue weighted by atomic mass is 32.2. The van der Waals surface area contributed by atoms with Crippen LogP contribution in [0.15, 0.2) is 11.9 Å². The van der Waals surface area contributed by atoms with Crippen molar-refractivity contribution in [2.75, 3.05) is 12.4 Å². The molecule has 0 saturated carbocycles. The molecule has 1 rings (SSSR count). The van der Waals surface area contributed by atoms with Gasteiger partial charge in [-0.3, -0.25) is 0 Å². The molecule has 0 unspecified atom stereocenters. The first-order valence-corrected chi connectivity index (χ1v) is 2.89. The molecule has 0 amide bonds. The Balaban J connectivity index is 2.40. The quantitative estimate of drug-likeness (QED) is 0.448. The van der Waals surface area contributed by atoms with Crippen LogP contribution in [0.5, 0.6) is 0 Å². The first kappa shape index (κ1) is 5.12. The molecule has 40 valence electrons. The third-order valence-electron chi connectivity index (χ3n) is 0.653. The molecule has 0 N–H and O–H groups in total. The molecule has 0 aromatic carbocycles. The lowest BCUT2D eigenvalue weighted by atomic mass is 10.5. The summed E-state index contributed by atoms with van der Waals surface area (Å²) in [6.45, 7) is 0.413. The summed E-state index contributed by atoms with van der Waals surface area (Å²) in [5, 5.41) is 0. The molecule has 0 saturated heterocycles. The largest absolute Gasteiger partial charge is 0.311 e. The highest BCUT2D eigenvalue weighted by Gasteiger charge is 2.00. The molecular formula is C4H5FOS. The van der Waals surface area contributed by atoms with E-state index in [2.05, 4.69) is 0 Å². The second-order valence-corrected chi connectivity index (χ2v) is 1.96. The van der Waals surface area contributed by atoms with E-state index in [1.54, 1.807) is 0 Å². The second kappa shape index (κ2) is 2.33. The van der Waals surface area contributed by atoms with Crippen LogP contribution in [0.4, 0.5) is 4.39 Å². The molecule has 7 heavy (non-hydrogen) atoms. The van der Waals surface area contributed by atoms with Crippen molar-refractivity contribution in [2.45, 2.75) is 0 Å². The number of halogens is 1. The number of hydrogen-bond donors (Lipinski definition) is 0. The fraction of sp³-hybridized carbons (Fsp3) is 0.500. The van der Waals surface area contributed by atoms with Crippen LogP contribution >= 0.6 is 12.0 Å². The Morgan fingerprint density at radius 1 is 1.86 bits per heavy atom. The smallest absolute Gasteiger partial charge is 0.110 e. The van der Waals surface area contributed by atoms with Crippen molar-refractivity contribution >= 4 is 12.0 Å². The summed E-state index contributed by atoms with van der Waals surface area (Å²) >= 11 is 1.16. The normalized spacial score (nSPS) is 21.6. The fourth-order valence-electron chi connectivity index (χ4n) is 0.329. The fourth-order valence-corrected chi connectivity index (χ4v) is 0.807. The molecular weight excluding hydrogens is 115 g/mol. The van der Waals surface area contributed by atoms with E-state index < -0.39 is 0 Å². The molecule has 0 radical (unpaired) electrons. The summed E-state index contributed by atoms with van der Waals surface area (Å²) in [6.07, 6.45) is 1.44. The van der Waals surface area contributed by atoms with Crippen molar-refractivity contribution < 1.29 is 8.57 Å². The lowest BCUT2D eigenvalue weighted by Crippen LogP contribution is -1.93. The van der Waals surface area contributed by atoms with Gasteiger partial charge in [0, 0.05) is 0 Å². The summed E-state index contributed by atoms with van der Waals surface area (Å²) < 4.78 is 16.7. The molecule has 0 aliphatic carbocycles. The number of rotatable bonds is 0. The monoisotopic (exact) mass is 120 g/mol. The van der Waals surface area contributed by atoms with Crippen LogP contribution in [0, 0.1) is 0 Å². The minimum absolute atomic E-state index is 0.0729. The van der Waals surface area contributed by atoms with Crippen molar-refractivity contribution in [1.82, 2.24) is 0 Å². The predicted octanol–water partition coefficient (Wildman–Crippen LogP) is 1.52. The van der Waals surface area contributed by atoms with Crippen molar-refractivity contribution in [2.24, 2.45) is 0 Å². The Labute approximate surface area is 45.7 Å². The molecule has 1 aliphatic heterocycles. The molecule has 1 nitrogen and oxygen atoms in total. The van der Waals surface area contributed by atoms with E-state index in [1.165, 1.54) is 6.08 Å². The minimum atomic E-state index is -0.0729. The topological polar surface area (TPSA) is 9.23 Å². The van der Waals surface area contributed by atoms with Gasteiger partial charge in [0.1, 0.15) is 5.83 Å². The molecule has 0 aromatic rings. The van der Waals surface area contributed by atoms with Gasteiger partial charge in [-0.05, 0) is 18.1 Å². The lowest BCUT2D eigenvalue weighted by molar-refractivity contribution is 0.412. The van der Waals surface area contributed by atoms with Crippen molar-refractivity contribution in [3.8, 4) is 0 Å². The molecule has 1 aliphatic rings. The van der Waals surface area contributed by atoms with E-state index in [1.807, 2.05) is 0 Å². The summed E-state index contributed by atoms with van der Waals surface area (Å²) in [7, 11) is 0. The maximum atomic E-state index is 11.9. The first-order valence-electron chi connectivity index (χ1n) is 1.98. The standard InChI is InChI=1S/C4H5FOS/c5-4-1-2-6-7-3-4/h1H,2-3H2. The number of hydrogen-bond acceptors (Lipinski definition) is 2. The van der Waals surface area contributed by atoms with Gasteiger partial charge in [0.25, 0.3) is 0 Å². The Hall–Kier alpha value is -0.0200. The summed E-state index contributed by atoms with van der Waals surface area (Å²) in [5.41, 5.74) is 0. The van der Waals surface area contributed by atoms with E-state index in [0.717, 1.165) is 12.0 Å². The van der Waals surface area contributed by atoms with Gasteiger partial charge in [-0.15, -0.1) is 0 Å². The zero-order valence-electron chi connectivity index (χ0n) is 3.69. The Kier molecular flexibility index (Phi) is 1.70. The van der Waals surface area contributed by atoms with Crippen LogP contribution in [-0.4, -0.2) is 12.4 Å². The van der Waals surface area contributed by atoms with Crippen LogP contribution in [0.25, 0.3) is 0 Å². The van der Waals surface area contributed by atoms with Gasteiger partial charge >= 0.3 is 0 Å². The van der Waals surface area contributed by atoms with Crippen molar-refractivity contribution in [1.29, 1.82) is 0 Å². The van der Waals surface area contributed by atoms with E-state index in [9.17, 15) is 4.39 Å². The van der Waals surface area contributed by atoms with Crippen LogP contribution < -0.4 is 0 Å². The third kappa shape index (κ3) is 1.49. The molecule has 0 bridgehead atoms. The summed E-state index contributed by atoms with van der Waals surface area (Å²) in [4.78, 5) is 0. The second-order valence-electron chi connectivity index (χ2n) is 1.20. The Morgan fingerprint density at radius 3 is 3.00 bits per heavy atom. The third-order valence-corrected chi connectivity index (χ3v) is 1.35. The average Bonchev–Trinajstić information content (AvgIpc) is 1.69. The van der Waals surface area contributed by atoms with Gasteiger partial charge in [-0.1, -0.05) is 0 Å². The zero-order chi connectivity index (χ0) is 5.11. The van der Waals surface area contributed by atoms with Crippen LogP contribution in [0.3, 0.4) is 0 Å². The first-order chi connectivity index (χ1) is 3.39. The molecule has 1 heterocycles. The average molecular weight is 120 g/mol. The molecule has 0 fully saturated rings. The van der Waals surface area contributed by atoms with Gasteiger partial charge in [-0.2, -0.15) is 0 Å². The predicted molar refractivity (Wildman–Crippen MR) is 27.6 cm³/mol. The van der Waals surface area contributed by atoms with Crippen LogP contribution in [-0.2, 0) is 4.18 Å². The maximum absolute atomic E-state index is 11.9. The minimum Gasteiger partial charge on any atom is -0.311 e. The molecule has 3 heteroatoms. The van der Waals surface area contributed by atoms with Gasteiger partial charge < -0.3 is 4.18 Å². The zero-order valence-corrected chi connectivity index (χ0v) is 4.50. The molecule has 0 aromatic heterocycles. The summed E-state index contributed by atoms with van der Waals surface area (Å²) in [5.74, 6) is 0.302. The molecule has 0 atom stereocenters. The summed E-state index contributed by atoms with van der Waals surface area (Å²) in [6, 6.07) is 0. The van der Waals surface area contributed by atoms with Gasteiger partial charge in [0.05, 0.1) is 12.4 Å². The van der Waals surface area contributed by atoms with Gasteiger partial charge in [0.15, 0.2) is 0 Å². The van der Waals surface area contributed by atoms with Gasteiger partial charge in [0.2, 0.25) is 0 Å². The van der Waals surface area contributed by atoms with E-state index in [-0.39, 0.29) is 5.83 Å². The Morgan fingerprint density at radius 2 is 2.71 bits per heavy atom. The lowest BCUT2D eigenvalue weighted by Gasteiger charge is -2.02. The van der Waals surface area contributed by atoms with Gasteiger partial charge in [-0.25, -0.2) is 4.39 Å². The van der Waals surface area contributed by atoms with Crippen LogP contribution in [0.2, 0.25) is 0 Å². The SMILES string of the molecule is FC1=CCOSC1. The van der Waals surface area contributed by atoms with E-state index >= 15 is 0 Å². The van der Waals surface area contributed by atoms with Crippen LogP contribution in [0.1, 0.15) is 0 Å². The van der Waals surface area contributed by atoms with E-state index in [4.69, 9.17) is 4.18 Å². The highest BCUT2D eigenvalue weighted by Crippen LogP contribution is 2.14. The Bertz CT molecular complexity index is 91.7. The van der Waals surface area contributed by atoms with Crippen molar-refractivity contribution in [3.63, 3.8) is 0 Å². The maximum Gasteiger partial charge on any atom is 0.110 e. The molecule has 0 spiro atoms. The highest BCUT2D eigenvalue weighted by molar-refractivity contribution is 7.94. The van der Waals surface area contributed by atoms with Crippen molar-refractivity contribution in [3.05, 3.63) is 11.9 Å².